The highest BCUT2D eigenvalue weighted by molar-refractivity contribution is 5.61. The van der Waals surface area contributed by atoms with E-state index in [0.29, 0.717) is 11.5 Å². The van der Waals surface area contributed by atoms with Crippen LogP contribution in [0.1, 0.15) is 0 Å². The van der Waals surface area contributed by atoms with Crippen molar-refractivity contribution in [1.29, 1.82) is 0 Å². The standard InChI is InChI=1S/C10H18N6/c1-15-4-6-16(7-5-15)14-9-3-2-8(11)10(12)13-9/h2-3H,4-7,11H2,1H3,(H3,12,13,14). The van der Waals surface area contributed by atoms with Gasteiger partial charge in [-0.3, -0.25) is 0 Å². The Morgan fingerprint density at radius 3 is 2.50 bits per heavy atom. The molecule has 1 fully saturated rings. The minimum absolute atomic E-state index is 0.374. The first-order chi connectivity index (χ1) is 7.65. The third kappa shape index (κ3) is 2.53. The molecule has 6 heteroatoms. The van der Waals surface area contributed by atoms with Gasteiger partial charge in [0.1, 0.15) is 11.6 Å². The van der Waals surface area contributed by atoms with Gasteiger partial charge in [-0.2, -0.15) is 0 Å². The Labute approximate surface area is 95.2 Å². The lowest BCUT2D eigenvalue weighted by molar-refractivity contribution is 0.178. The number of piperazine rings is 1. The lowest BCUT2D eigenvalue weighted by Gasteiger charge is -2.32. The van der Waals surface area contributed by atoms with Gasteiger partial charge in [-0.15, -0.1) is 0 Å². The fourth-order valence-electron chi connectivity index (χ4n) is 1.63. The summed E-state index contributed by atoms with van der Waals surface area (Å²) in [6, 6.07) is 3.60. The monoisotopic (exact) mass is 222 g/mol. The Balaban J connectivity index is 1.96. The van der Waals surface area contributed by atoms with E-state index < -0.39 is 0 Å². The summed E-state index contributed by atoms with van der Waals surface area (Å²) in [6.07, 6.45) is 0. The number of aromatic nitrogens is 1. The molecule has 1 aromatic rings. The van der Waals surface area contributed by atoms with Crippen LogP contribution in [0, 0.1) is 0 Å². The largest absolute Gasteiger partial charge is 0.396 e. The van der Waals surface area contributed by atoms with Gasteiger partial charge in [-0.05, 0) is 19.2 Å². The molecule has 0 aliphatic carbocycles. The van der Waals surface area contributed by atoms with Gasteiger partial charge in [0.05, 0.1) is 5.69 Å². The van der Waals surface area contributed by atoms with Crippen LogP contribution in [0.2, 0.25) is 0 Å². The lowest BCUT2D eigenvalue weighted by atomic mass is 10.3. The number of hydrazine groups is 1. The molecule has 2 rings (SSSR count). The third-order valence-corrected chi connectivity index (χ3v) is 2.73. The zero-order valence-corrected chi connectivity index (χ0v) is 9.48. The molecule has 0 radical (unpaired) electrons. The number of nitrogen functional groups attached to an aromatic ring is 2. The van der Waals surface area contributed by atoms with Gasteiger partial charge in [-0.1, -0.05) is 0 Å². The zero-order valence-electron chi connectivity index (χ0n) is 9.48. The normalized spacial score (nSPS) is 18.6. The highest BCUT2D eigenvalue weighted by atomic mass is 15.5. The Morgan fingerprint density at radius 2 is 1.88 bits per heavy atom. The Bertz CT molecular complexity index is 358. The van der Waals surface area contributed by atoms with Crippen molar-refractivity contribution in [3.05, 3.63) is 12.1 Å². The first kappa shape index (κ1) is 11.0. The van der Waals surface area contributed by atoms with E-state index in [4.69, 9.17) is 11.5 Å². The van der Waals surface area contributed by atoms with E-state index in [1.54, 1.807) is 6.07 Å². The van der Waals surface area contributed by atoms with Gasteiger partial charge in [0.15, 0.2) is 0 Å². The van der Waals surface area contributed by atoms with Crippen LogP contribution in [-0.2, 0) is 0 Å². The average molecular weight is 222 g/mol. The van der Waals surface area contributed by atoms with E-state index in [1.807, 2.05) is 6.07 Å². The van der Waals surface area contributed by atoms with Crippen molar-refractivity contribution in [1.82, 2.24) is 14.9 Å². The molecule has 0 unspecified atom stereocenters. The molecule has 5 N–H and O–H groups in total. The molecule has 16 heavy (non-hydrogen) atoms. The molecule has 1 aliphatic rings. The molecular weight excluding hydrogens is 204 g/mol. The lowest BCUT2D eigenvalue weighted by Crippen LogP contribution is -2.47. The van der Waals surface area contributed by atoms with Crippen LogP contribution in [-0.4, -0.2) is 48.1 Å². The number of likely N-dealkylation sites (N-methyl/N-ethyl adjacent to an activating group) is 1. The smallest absolute Gasteiger partial charge is 0.149 e. The SMILES string of the molecule is CN1CCN(Nc2ccc(N)c(N)n2)CC1. The van der Waals surface area contributed by atoms with Gasteiger partial charge in [0.25, 0.3) is 0 Å². The van der Waals surface area contributed by atoms with Crippen molar-refractivity contribution in [3.8, 4) is 0 Å². The van der Waals surface area contributed by atoms with Crippen LogP contribution in [0.15, 0.2) is 12.1 Å². The number of pyridine rings is 1. The van der Waals surface area contributed by atoms with Crippen molar-refractivity contribution >= 4 is 17.3 Å². The summed E-state index contributed by atoms with van der Waals surface area (Å²) >= 11 is 0. The minimum atomic E-state index is 0.374. The van der Waals surface area contributed by atoms with Crippen LogP contribution in [0.4, 0.5) is 17.3 Å². The van der Waals surface area contributed by atoms with Crippen LogP contribution in [0.3, 0.4) is 0 Å². The first-order valence-electron chi connectivity index (χ1n) is 5.37. The van der Waals surface area contributed by atoms with Crippen LogP contribution in [0.25, 0.3) is 0 Å². The third-order valence-electron chi connectivity index (χ3n) is 2.73. The molecular formula is C10H18N6. The Hall–Kier alpha value is -1.53. The predicted octanol–water partition coefficient (Wildman–Crippen LogP) is -0.180. The fraction of sp³-hybridized carbons (Fsp3) is 0.500. The van der Waals surface area contributed by atoms with E-state index in [-0.39, 0.29) is 0 Å². The maximum Gasteiger partial charge on any atom is 0.149 e. The van der Waals surface area contributed by atoms with E-state index in [2.05, 4.69) is 27.4 Å². The number of rotatable bonds is 2. The number of nitrogens with zero attached hydrogens (tertiary/aromatic N) is 3. The summed E-state index contributed by atoms with van der Waals surface area (Å²) in [5.74, 6) is 1.12. The number of nitrogens with two attached hydrogens (primary N) is 2. The van der Waals surface area contributed by atoms with E-state index in [9.17, 15) is 0 Å². The molecule has 88 valence electrons. The quantitative estimate of drug-likeness (QED) is 0.644. The van der Waals surface area contributed by atoms with Crippen molar-refractivity contribution in [2.75, 3.05) is 50.1 Å². The summed E-state index contributed by atoms with van der Waals surface area (Å²) in [7, 11) is 2.12. The van der Waals surface area contributed by atoms with Crippen LogP contribution < -0.4 is 16.9 Å². The Kier molecular flexibility index (Phi) is 3.12. The van der Waals surface area contributed by atoms with Crippen molar-refractivity contribution < 1.29 is 0 Å². The maximum atomic E-state index is 5.64. The highest BCUT2D eigenvalue weighted by Crippen LogP contribution is 2.15. The van der Waals surface area contributed by atoms with Crippen molar-refractivity contribution in [2.24, 2.45) is 0 Å². The molecule has 2 heterocycles. The van der Waals surface area contributed by atoms with Gasteiger partial charge in [0, 0.05) is 26.2 Å². The van der Waals surface area contributed by atoms with Crippen molar-refractivity contribution in [2.45, 2.75) is 0 Å². The second kappa shape index (κ2) is 4.54. The first-order valence-corrected chi connectivity index (χ1v) is 5.37. The molecule has 0 amide bonds. The molecule has 0 bridgehead atoms. The van der Waals surface area contributed by atoms with Gasteiger partial charge < -0.3 is 21.8 Å². The highest BCUT2D eigenvalue weighted by Gasteiger charge is 2.13. The van der Waals surface area contributed by atoms with Gasteiger partial charge in [-0.25, -0.2) is 9.99 Å². The number of anilines is 3. The average Bonchev–Trinajstić information content (AvgIpc) is 2.27. The van der Waals surface area contributed by atoms with Crippen LogP contribution >= 0.6 is 0 Å². The van der Waals surface area contributed by atoms with E-state index in [0.717, 1.165) is 32.0 Å². The molecule has 1 saturated heterocycles. The second-order valence-electron chi connectivity index (χ2n) is 4.07. The van der Waals surface area contributed by atoms with Gasteiger partial charge in [0.2, 0.25) is 0 Å². The summed E-state index contributed by atoms with van der Waals surface area (Å²) in [4.78, 5) is 6.47. The number of hydrogen-bond donors (Lipinski definition) is 3. The van der Waals surface area contributed by atoms with Crippen LogP contribution in [0.5, 0.6) is 0 Å². The molecule has 0 aromatic carbocycles. The molecule has 0 saturated carbocycles. The molecule has 0 atom stereocenters. The van der Waals surface area contributed by atoms with Crippen molar-refractivity contribution in [3.63, 3.8) is 0 Å². The summed E-state index contributed by atoms with van der Waals surface area (Å²) in [6.45, 7) is 4.06. The molecule has 6 nitrogen and oxygen atoms in total. The zero-order chi connectivity index (χ0) is 11.5. The summed E-state index contributed by atoms with van der Waals surface area (Å²) < 4.78 is 0. The summed E-state index contributed by atoms with van der Waals surface area (Å²) in [5.41, 5.74) is 15.0. The molecule has 1 aromatic heterocycles. The number of hydrogen-bond acceptors (Lipinski definition) is 6. The second-order valence-corrected chi connectivity index (χ2v) is 4.07. The maximum absolute atomic E-state index is 5.64. The predicted molar refractivity (Wildman–Crippen MR) is 65.8 cm³/mol. The van der Waals surface area contributed by atoms with Gasteiger partial charge >= 0.3 is 0 Å². The topological polar surface area (TPSA) is 83.4 Å². The Morgan fingerprint density at radius 1 is 1.19 bits per heavy atom. The summed E-state index contributed by atoms with van der Waals surface area (Å²) in [5, 5.41) is 2.14. The fourth-order valence-corrected chi connectivity index (χ4v) is 1.63. The minimum Gasteiger partial charge on any atom is -0.396 e. The van der Waals surface area contributed by atoms with E-state index >= 15 is 0 Å². The van der Waals surface area contributed by atoms with E-state index in [1.165, 1.54) is 0 Å². The molecule has 1 aliphatic heterocycles. The molecule has 0 spiro atoms. The number of nitrogens with one attached hydrogen (secondary N) is 1.